The normalized spacial score (nSPS) is 11.2. The Hall–Kier alpha value is -2.94. The SMILES string of the molecule is Cc1cccn2c(=O)c3cc(C#N)c(=O)n(C(C)C)c3nc12. The molecule has 0 saturated heterocycles. The van der Waals surface area contributed by atoms with Gasteiger partial charge < -0.3 is 0 Å². The molecule has 3 aromatic heterocycles. The number of aryl methyl sites for hydroxylation is 1. The van der Waals surface area contributed by atoms with E-state index >= 15 is 0 Å². The third-order valence-corrected chi connectivity index (χ3v) is 3.67. The van der Waals surface area contributed by atoms with Gasteiger partial charge in [-0.3, -0.25) is 18.6 Å². The zero-order chi connectivity index (χ0) is 16.0. The average molecular weight is 294 g/mol. The molecule has 0 N–H and O–H groups in total. The van der Waals surface area contributed by atoms with Gasteiger partial charge in [0.2, 0.25) is 0 Å². The predicted molar refractivity (Wildman–Crippen MR) is 83.1 cm³/mol. The second kappa shape index (κ2) is 4.81. The molecule has 0 spiro atoms. The molecule has 6 heteroatoms. The van der Waals surface area contributed by atoms with Crippen LogP contribution in [-0.2, 0) is 0 Å². The summed E-state index contributed by atoms with van der Waals surface area (Å²) < 4.78 is 2.84. The van der Waals surface area contributed by atoms with Crippen LogP contribution >= 0.6 is 0 Å². The maximum Gasteiger partial charge on any atom is 0.270 e. The van der Waals surface area contributed by atoms with Gasteiger partial charge >= 0.3 is 0 Å². The minimum atomic E-state index is -0.421. The topological polar surface area (TPSA) is 80.2 Å². The van der Waals surface area contributed by atoms with Crippen molar-refractivity contribution in [3.8, 4) is 6.07 Å². The van der Waals surface area contributed by atoms with Crippen LogP contribution in [0.4, 0.5) is 0 Å². The summed E-state index contributed by atoms with van der Waals surface area (Å²) >= 11 is 0. The van der Waals surface area contributed by atoms with Crippen molar-refractivity contribution < 1.29 is 0 Å². The van der Waals surface area contributed by atoms with E-state index in [0.29, 0.717) is 11.3 Å². The molecule has 3 heterocycles. The number of nitriles is 1. The average Bonchev–Trinajstić information content (AvgIpc) is 2.48. The van der Waals surface area contributed by atoms with Crippen molar-refractivity contribution in [3.63, 3.8) is 0 Å². The third kappa shape index (κ3) is 1.83. The standard InChI is InChI=1S/C16H14N4O2/c1-9(2)20-14-12(7-11(8-17)15(20)21)16(22)19-6-4-5-10(3)13(19)18-14/h4-7,9H,1-3H3. The summed E-state index contributed by atoms with van der Waals surface area (Å²) in [5.41, 5.74) is 0.919. The van der Waals surface area contributed by atoms with Gasteiger partial charge in [-0.15, -0.1) is 0 Å². The lowest BCUT2D eigenvalue weighted by molar-refractivity contribution is 0.594. The Morgan fingerprint density at radius 2 is 1.95 bits per heavy atom. The quantitative estimate of drug-likeness (QED) is 0.641. The van der Waals surface area contributed by atoms with E-state index in [0.717, 1.165) is 5.56 Å². The highest BCUT2D eigenvalue weighted by atomic mass is 16.1. The third-order valence-electron chi connectivity index (χ3n) is 3.67. The van der Waals surface area contributed by atoms with Gasteiger partial charge in [0, 0.05) is 12.2 Å². The molecule has 3 aromatic rings. The van der Waals surface area contributed by atoms with E-state index < -0.39 is 5.56 Å². The van der Waals surface area contributed by atoms with Gasteiger partial charge in [0.15, 0.2) is 5.65 Å². The second-order valence-corrected chi connectivity index (χ2v) is 5.48. The fourth-order valence-electron chi connectivity index (χ4n) is 2.60. The number of aromatic nitrogens is 3. The van der Waals surface area contributed by atoms with Crippen molar-refractivity contribution >= 4 is 16.7 Å². The lowest BCUT2D eigenvalue weighted by Gasteiger charge is -2.14. The van der Waals surface area contributed by atoms with Gasteiger partial charge in [-0.25, -0.2) is 4.98 Å². The van der Waals surface area contributed by atoms with Crippen LogP contribution < -0.4 is 11.1 Å². The minimum Gasteiger partial charge on any atom is -0.289 e. The molecule has 6 nitrogen and oxygen atoms in total. The molecular formula is C16H14N4O2. The van der Waals surface area contributed by atoms with Gasteiger partial charge in [0.05, 0.1) is 5.39 Å². The molecule has 0 aliphatic carbocycles. The molecule has 0 amide bonds. The first-order chi connectivity index (χ1) is 10.5. The largest absolute Gasteiger partial charge is 0.289 e. The van der Waals surface area contributed by atoms with Crippen LogP contribution in [0.3, 0.4) is 0 Å². The molecule has 0 bridgehead atoms. The molecule has 22 heavy (non-hydrogen) atoms. The lowest BCUT2D eigenvalue weighted by Crippen LogP contribution is -2.28. The van der Waals surface area contributed by atoms with E-state index in [-0.39, 0.29) is 22.6 Å². The van der Waals surface area contributed by atoms with E-state index in [1.165, 1.54) is 15.0 Å². The van der Waals surface area contributed by atoms with Crippen molar-refractivity contribution in [2.75, 3.05) is 0 Å². The summed E-state index contributed by atoms with van der Waals surface area (Å²) in [5.74, 6) is 0. The van der Waals surface area contributed by atoms with Gasteiger partial charge in [-0.1, -0.05) is 6.07 Å². The summed E-state index contributed by atoms with van der Waals surface area (Å²) in [6.45, 7) is 5.50. The Balaban J connectivity index is 2.69. The summed E-state index contributed by atoms with van der Waals surface area (Å²) in [7, 11) is 0. The Morgan fingerprint density at radius 1 is 1.23 bits per heavy atom. The van der Waals surface area contributed by atoms with Gasteiger partial charge in [-0.2, -0.15) is 5.26 Å². The first-order valence-electron chi connectivity index (χ1n) is 6.93. The number of hydrogen-bond acceptors (Lipinski definition) is 4. The molecule has 0 atom stereocenters. The van der Waals surface area contributed by atoms with E-state index in [9.17, 15) is 9.59 Å². The fourth-order valence-corrected chi connectivity index (χ4v) is 2.60. The van der Waals surface area contributed by atoms with E-state index in [1.807, 2.05) is 32.9 Å². The first kappa shape index (κ1) is 14.0. The van der Waals surface area contributed by atoms with Crippen molar-refractivity contribution in [2.45, 2.75) is 26.8 Å². The lowest BCUT2D eigenvalue weighted by atomic mass is 10.2. The summed E-state index contributed by atoms with van der Waals surface area (Å²) in [6, 6.07) is 6.61. The highest BCUT2D eigenvalue weighted by Gasteiger charge is 2.16. The number of nitrogens with zero attached hydrogens (tertiary/aromatic N) is 4. The maximum atomic E-state index is 12.7. The highest BCUT2D eigenvalue weighted by Crippen LogP contribution is 2.15. The molecule has 3 rings (SSSR count). The molecule has 0 unspecified atom stereocenters. The maximum absolute atomic E-state index is 12.7. The molecule has 0 fully saturated rings. The molecule has 0 aliphatic heterocycles. The van der Waals surface area contributed by atoms with Crippen molar-refractivity contribution in [1.29, 1.82) is 5.26 Å². The van der Waals surface area contributed by atoms with Crippen LogP contribution in [0, 0.1) is 18.3 Å². The van der Waals surface area contributed by atoms with Crippen LogP contribution in [0.15, 0.2) is 34.0 Å². The van der Waals surface area contributed by atoms with Crippen LogP contribution in [0.5, 0.6) is 0 Å². The van der Waals surface area contributed by atoms with Gasteiger partial charge in [0.1, 0.15) is 17.3 Å². The van der Waals surface area contributed by atoms with Gasteiger partial charge in [0.25, 0.3) is 11.1 Å². The molecule has 0 radical (unpaired) electrons. The van der Waals surface area contributed by atoms with Crippen molar-refractivity contribution in [3.05, 3.63) is 56.2 Å². The molecule has 0 saturated carbocycles. The molecule has 110 valence electrons. The Labute approximate surface area is 125 Å². The van der Waals surface area contributed by atoms with Crippen LogP contribution in [0.25, 0.3) is 16.7 Å². The Morgan fingerprint density at radius 3 is 2.59 bits per heavy atom. The first-order valence-corrected chi connectivity index (χ1v) is 6.93. The molecular weight excluding hydrogens is 280 g/mol. The number of hydrogen-bond donors (Lipinski definition) is 0. The van der Waals surface area contributed by atoms with Crippen molar-refractivity contribution in [2.24, 2.45) is 0 Å². The van der Waals surface area contributed by atoms with Gasteiger partial charge in [-0.05, 0) is 38.5 Å². The summed E-state index contributed by atoms with van der Waals surface area (Å²) in [5, 5.41) is 9.41. The zero-order valence-electron chi connectivity index (χ0n) is 12.5. The van der Waals surface area contributed by atoms with E-state index in [1.54, 1.807) is 12.3 Å². The number of fused-ring (bicyclic) bond motifs is 2. The number of rotatable bonds is 1. The monoisotopic (exact) mass is 294 g/mol. The van der Waals surface area contributed by atoms with Crippen LogP contribution in [-0.4, -0.2) is 14.0 Å². The fraction of sp³-hybridized carbons (Fsp3) is 0.250. The van der Waals surface area contributed by atoms with Crippen molar-refractivity contribution in [1.82, 2.24) is 14.0 Å². The minimum absolute atomic E-state index is 0.0484. The highest BCUT2D eigenvalue weighted by molar-refractivity contribution is 5.78. The Bertz CT molecular complexity index is 1070. The molecule has 0 aromatic carbocycles. The predicted octanol–water partition coefficient (Wildman–Crippen LogP) is 1.77. The van der Waals surface area contributed by atoms with Crippen LogP contribution in [0.2, 0.25) is 0 Å². The smallest absolute Gasteiger partial charge is 0.270 e. The zero-order valence-corrected chi connectivity index (χ0v) is 12.5. The Kier molecular flexibility index (Phi) is 3.06. The summed E-state index contributed by atoms with van der Waals surface area (Å²) in [4.78, 5) is 29.6. The molecule has 0 aliphatic rings. The van der Waals surface area contributed by atoms with Crippen LogP contribution in [0.1, 0.15) is 31.0 Å². The summed E-state index contributed by atoms with van der Waals surface area (Å²) in [6.07, 6.45) is 1.63. The van der Waals surface area contributed by atoms with E-state index in [2.05, 4.69) is 4.98 Å². The van der Waals surface area contributed by atoms with E-state index in [4.69, 9.17) is 5.26 Å². The number of pyridine rings is 2. The second-order valence-electron chi connectivity index (χ2n) is 5.48.